The van der Waals surface area contributed by atoms with Crippen molar-refractivity contribution in [2.75, 3.05) is 19.3 Å². The molecular weight excluding hydrogens is 362 g/mol. The van der Waals surface area contributed by atoms with Crippen molar-refractivity contribution in [3.8, 4) is 0 Å². The molecule has 0 saturated carbocycles. The van der Waals surface area contributed by atoms with E-state index in [-0.39, 0.29) is 18.9 Å². The Labute approximate surface area is 151 Å². The molecule has 0 heterocycles. The number of amides is 1. The third-order valence-corrected chi connectivity index (χ3v) is 4.91. The Morgan fingerprint density at radius 1 is 0.962 bits per heavy atom. The lowest BCUT2D eigenvalue weighted by Gasteiger charge is -2.19. The molecule has 0 bridgehead atoms. The van der Waals surface area contributed by atoms with Crippen molar-refractivity contribution in [1.82, 2.24) is 9.62 Å². The van der Waals surface area contributed by atoms with Gasteiger partial charge in [-0.3, -0.25) is 4.79 Å². The molecule has 1 amide bonds. The summed E-state index contributed by atoms with van der Waals surface area (Å²) in [4.78, 5) is 12.1. The SMILES string of the molecule is CS(=O)(=O)N(CC(=O)NCCc1ccc(F)cc1)Cc1ccc(F)cc1. The monoisotopic (exact) mass is 382 g/mol. The normalized spacial score (nSPS) is 11.5. The highest BCUT2D eigenvalue weighted by molar-refractivity contribution is 7.88. The van der Waals surface area contributed by atoms with E-state index in [2.05, 4.69) is 5.32 Å². The molecule has 8 heteroatoms. The Morgan fingerprint density at radius 3 is 1.96 bits per heavy atom. The number of hydrogen-bond acceptors (Lipinski definition) is 3. The van der Waals surface area contributed by atoms with Crippen molar-refractivity contribution in [3.05, 3.63) is 71.3 Å². The Morgan fingerprint density at radius 2 is 1.46 bits per heavy atom. The number of benzene rings is 2. The smallest absolute Gasteiger partial charge is 0.235 e. The molecule has 0 spiro atoms. The lowest BCUT2D eigenvalue weighted by molar-refractivity contribution is -0.121. The topological polar surface area (TPSA) is 66.5 Å². The summed E-state index contributed by atoms with van der Waals surface area (Å²) in [5.41, 5.74) is 1.44. The molecule has 0 aromatic heterocycles. The Bertz CT molecular complexity index is 838. The van der Waals surface area contributed by atoms with Crippen LogP contribution in [0.5, 0.6) is 0 Å². The number of nitrogens with one attached hydrogen (secondary N) is 1. The molecular formula is C18H20F2N2O3S. The van der Waals surface area contributed by atoms with Crippen LogP contribution in [0, 0.1) is 11.6 Å². The van der Waals surface area contributed by atoms with Crippen molar-refractivity contribution in [2.24, 2.45) is 0 Å². The highest BCUT2D eigenvalue weighted by atomic mass is 32.2. The van der Waals surface area contributed by atoms with Crippen molar-refractivity contribution in [2.45, 2.75) is 13.0 Å². The molecule has 0 aliphatic rings. The van der Waals surface area contributed by atoms with E-state index in [1.807, 2.05) is 0 Å². The molecule has 2 aromatic rings. The van der Waals surface area contributed by atoms with Gasteiger partial charge in [0.2, 0.25) is 15.9 Å². The molecule has 0 unspecified atom stereocenters. The maximum absolute atomic E-state index is 13.0. The molecule has 0 radical (unpaired) electrons. The van der Waals surface area contributed by atoms with Gasteiger partial charge in [0.1, 0.15) is 11.6 Å². The van der Waals surface area contributed by atoms with Gasteiger partial charge < -0.3 is 5.32 Å². The highest BCUT2D eigenvalue weighted by Gasteiger charge is 2.20. The number of rotatable bonds is 8. The second-order valence-electron chi connectivity index (χ2n) is 5.88. The summed E-state index contributed by atoms with van der Waals surface area (Å²) in [6.45, 7) is -0.0528. The third-order valence-electron chi connectivity index (χ3n) is 3.71. The van der Waals surface area contributed by atoms with Gasteiger partial charge in [-0.15, -0.1) is 0 Å². The van der Waals surface area contributed by atoms with Crippen molar-refractivity contribution >= 4 is 15.9 Å². The summed E-state index contributed by atoms with van der Waals surface area (Å²) in [6, 6.07) is 11.3. The van der Waals surface area contributed by atoms with E-state index < -0.39 is 21.7 Å². The van der Waals surface area contributed by atoms with Gasteiger partial charge in [0.05, 0.1) is 12.8 Å². The van der Waals surface area contributed by atoms with Gasteiger partial charge >= 0.3 is 0 Å². The summed E-state index contributed by atoms with van der Waals surface area (Å²) in [6.07, 6.45) is 1.52. The van der Waals surface area contributed by atoms with Gasteiger partial charge in [-0.05, 0) is 41.8 Å². The number of carbonyl (C=O) groups excluding carboxylic acids is 1. The van der Waals surface area contributed by atoms with Crippen LogP contribution in [0.4, 0.5) is 8.78 Å². The van der Waals surface area contributed by atoms with E-state index in [1.165, 1.54) is 36.4 Å². The largest absolute Gasteiger partial charge is 0.355 e. The van der Waals surface area contributed by atoms with Crippen LogP contribution >= 0.6 is 0 Å². The van der Waals surface area contributed by atoms with Crippen LogP contribution in [-0.4, -0.2) is 38.0 Å². The standard InChI is InChI=1S/C18H20F2N2O3S/c1-26(24,25)22(12-15-4-8-17(20)9-5-15)13-18(23)21-11-10-14-2-6-16(19)7-3-14/h2-9H,10-13H2,1H3,(H,21,23). The Kier molecular flexibility index (Phi) is 6.82. The zero-order valence-electron chi connectivity index (χ0n) is 14.3. The van der Waals surface area contributed by atoms with Crippen LogP contribution in [0.1, 0.15) is 11.1 Å². The summed E-state index contributed by atoms with van der Waals surface area (Å²) in [5, 5.41) is 2.64. The van der Waals surface area contributed by atoms with Crippen LogP contribution in [0.15, 0.2) is 48.5 Å². The first-order chi connectivity index (χ1) is 12.2. The predicted octanol–water partition coefficient (Wildman–Crippen LogP) is 2.09. The van der Waals surface area contributed by atoms with Gasteiger partial charge in [-0.25, -0.2) is 17.2 Å². The number of hydrogen-bond donors (Lipinski definition) is 1. The Balaban J connectivity index is 1.89. The number of carbonyl (C=O) groups is 1. The van der Waals surface area contributed by atoms with Crippen molar-refractivity contribution in [3.63, 3.8) is 0 Å². The fraction of sp³-hybridized carbons (Fsp3) is 0.278. The van der Waals surface area contributed by atoms with Gasteiger partial charge in [0.15, 0.2) is 0 Å². The van der Waals surface area contributed by atoms with Gasteiger partial charge in [-0.1, -0.05) is 24.3 Å². The second-order valence-corrected chi connectivity index (χ2v) is 7.87. The average molecular weight is 382 g/mol. The van der Waals surface area contributed by atoms with Gasteiger partial charge in [0, 0.05) is 13.1 Å². The maximum atomic E-state index is 13.0. The zero-order chi connectivity index (χ0) is 19.2. The van der Waals surface area contributed by atoms with E-state index in [0.29, 0.717) is 18.5 Å². The van der Waals surface area contributed by atoms with Crippen molar-refractivity contribution in [1.29, 1.82) is 0 Å². The maximum Gasteiger partial charge on any atom is 0.235 e. The summed E-state index contributed by atoms with van der Waals surface area (Å²) in [7, 11) is -3.61. The van der Waals surface area contributed by atoms with Crippen LogP contribution in [0.3, 0.4) is 0 Å². The lowest BCUT2D eigenvalue weighted by Crippen LogP contribution is -2.40. The fourth-order valence-electron chi connectivity index (χ4n) is 2.30. The molecule has 26 heavy (non-hydrogen) atoms. The van der Waals surface area contributed by atoms with E-state index in [4.69, 9.17) is 0 Å². The van der Waals surface area contributed by atoms with E-state index >= 15 is 0 Å². The summed E-state index contributed by atoms with van der Waals surface area (Å²) in [5.74, 6) is -1.19. The quantitative estimate of drug-likeness (QED) is 0.760. The number of halogens is 2. The fourth-order valence-corrected chi connectivity index (χ4v) is 3.03. The molecule has 140 valence electrons. The predicted molar refractivity (Wildman–Crippen MR) is 94.8 cm³/mol. The van der Waals surface area contributed by atoms with E-state index in [0.717, 1.165) is 16.1 Å². The van der Waals surface area contributed by atoms with Crippen LogP contribution < -0.4 is 5.32 Å². The highest BCUT2D eigenvalue weighted by Crippen LogP contribution is 2.09. The molecule has 0 fully saturated rings. The van der Waals surface area contributed by atoms with Crippen LogP contribution in [0.2, 0.25) is 0 Å². The van der Waals surface area contributed by atoms with Gasteiger partial charge in [-0.2, -0.15) is 4.31 Å². The molecule has 0 aliphatic carbocycles. The van der Waals surface area contributed by atoms with Crippen LogP contribution in [-0.2, 0) is 27.8 Å². The minimum Gasteiger partial charge on any atom is -0.355 e. The van der Waals surface area contributed by atoms with Crippen molar-refractivity contribution < 1.29 is 22.0 Å². The first kappa shape index (κ1) is 20.0. The van der Waals surface area contributed by atoms with Crippen LogP contribution in [0.25, 0.3) is 0 Å². The first-order valence-electron chi connectivity index (χ1n) is 7.95. The molecule has 0 atom stereocenters. The Hall–Kier alpha value is -2.32. The molecule has 2 rings (SSSR count). The minimum atomic E-state index is -3.61. The molecule has 0 aliphatic heterocycles. The molecule has 2 aromatic carbocycles. The number of sulfonamides is 1. The lowest BCUT2D eigenvalue weighted by atomic mass is 10.1. The molecule has 0 saturated heterocycles. The first-order valence-corrected chi connectivity index (χ1v) is 9.79. The van der Waals surface area contributed by atoms with Gasteiger partial charge in [0.25, 0.3) is 0 Å². The summed E-state index contributed by atoms with van der Waals surface area (Å²) < 4.78 is 50.6. The third kappa shape index (κ3) is 6.53. The van der Waals surface area contributed by atoms with E-state index in [9.17, 15) is 22.0 Å². The summed E-state index contributed by atoms with van der Waals surface area (Å²) >= 11 is 0. The molecule has 5 nitrogen and oxygen atoms in total. The molecule has 1 N–H and O–H groups in total. The van der Waals surface area contributed by atoms with E-state index in [1.54, 1.807) is 12.1 Å². The minimum absolute atomic E-state index is 0.0233. The zero-order valence-corrected chi connectivity index (χ0v) is 15.1. The second kappa shape index (κ2) is 8.86. The number of nitrogens with zero attached hydrogens (tertiary/aromatic N) is 1. The average Bonchev–Trinajstić information content (AvgIpc) is 2.57.